The first-order chi connectivity index (χ1) is 36.7. The summed E-state index contributed by atoms with van der Waals surface area (Å²) in [4.78, 5) is 125. The Hall–Kier alpha value is -8.46. The summed E-state index contributed by atoms with van der Waals surface area (Å²) in [5.74, 6) is -10.6. The van der Waals surface area contributed by atoms with E-state index in [1.165, 1.54) is 57.7 Å². The van der Waals surface area contributed by atoms with Crippen LogP contribution in [-0.4, -0.2) is 143 Å². The van der Waals surface area contributed by atoms with Gasteiger partial charge in [0.1, 0.15) is 36.8 Å². The van der Waals surface area contributed by atoms with E-state index in [4.69, 9.17) is 61.3 Å². The lowest BCUT2D eigenvalue weighted by Gasteiger charge is -2.27. The first-order valence-electron chi connectivity index (χ1n) is 23.7. The SMILES string of the molecule is CC(=O)OC(C)OC(=O)CN(CCOCCOc1ccc(-c2c3cc(F)c(=O)cc-3oc3cc(OC(C)OC(C)=O)c(F)cc23)cc1N(CC(=O)OC(C)OC(C)=O)CC(=O)OC(C)OC(C)=O)CC(=O)OC(C)OC(C)=O. The van der Waals surface area contributed by atoms with Crippen molar-refractivity contribution in [2.45, 2.75) is 101 Å². The van der Waals surface area contributed by atoms with Gasteiger partial charge in [0.05, 0.1) is 32.0 Å². The summed E-state index contributed by atoms with van der Waals surface area (Å²) in [5, 5.41) is -0.0253. The molecule has 5 unspecified atom stereocenters. The van der Waals surface area contributed by atoms with Crippen molar-refractivity contribution in [1.29, 1.82) is 0 Å². The van der Waals surface area contributed by atoms with Crippen molar-refractivity contribution in [3.63, 3.8) is 0 Å². The van der Waals surface area contributed by atoms with E-state index < -0.39 is 134 Å². The van der Waals surface area contributed by atoms with E-state index in [1.807, 2.05) is 0 Å². The molecule has 0 spiro atoms. The molecule has 2 aromatic carbocycles. The molecule has 0 aromatic heterocycles. The van der Waals surface area contributed by atoms with Crippen LogP contribution in [0.3, 0.4) is 0 Å². The van der Waals surface area contributed by atoms with E-state index in [0.717, 1.165) is 63.8 Å². The molecular weight excluding hydrogens is 1050 g/mol. The summed E-state index contributed by atoms with van der Waals surface area (Å²) in [5.41, 5.74) is -1.19. The van der Waals surface area contributed by atoms with Crippen LogP contribution in [0.2, 0.25) is 0 Å². The average Bonchev–Trinajstić information content (AvgIpc) is 3.43. The number of rotatable bonds is 28. The normalized spacial score (nSPS) is 12.9. The number of nitrogens with zero attached hydrogens (tertiary/aromatic N) is 2. The minimum Gasteiger partial charge on any atom is -0.489 e. The van der Waals surface area contributed by atoms with E-state index in [-0.39, 0.29) is 71.2 Å². The molecule has 0 bridgehead atoms. The largest absolute Gasteiger partial charge is 0.489 e. The molecule has 27 heteroatoms. The smallest absolute Gasteiger partial charge is 0.328 e. The third-order valence-electron chi connectivity index (χ3n) is 9.94. The summed E-state index contributed by atoms with van der Waals surface area (Å²) in [6.45, 7) is 8.42. The molecule has 0 radical (unpaired) electrons. The predicted molar refractivity (Wildman–Crippen MR) is 261 cm³/mol. The Kier molecular flexibility index (Phi) is 23.2. The Morgan fingerprint density at radius 1 is 0.526 bits per heavy atom. The summed E-state index contributed by atoms with van der Waals surface area (Å²) in [6.07, 6.45) is -6.63. The van der Waals surface area contributed by atoms with Gasteiger partial charge in [0, 0.05) is 104 Å². The molecule has 1 aliphatic carbocycles. The van der Waals surface area contributed by atoms with Gasteiger partial charge in [-0.3, -0.25) is 52.8 Å². The van der Waals surface area contributed by atoms with E-state index in [2.05, 4.69) is 0 Å². The highest BCUT2D eigenvalue weighted by molar-refractivity contribution is 6.03. The van der Waals surface area contributed by atoms with E-state index in [1.54, 1.807) is 0 Å². The van der Waals surface area contributed by atoms with Crippen LogP contribution < -0.4 is 19.8 Å². The number of benzene rings is 3. The highest BCUT2D eigenvalue weighted by Gasteiger charge is 2.28. The number of ether oxygens (including phenoxy) is 12. The van der Waals surface area contributed by atoms with Crippen molar-refractivity contribution in [2.75, 3.05) is 57.4 Å². The van der Waals surface area contributed by atoms with Crippen molar-refractivity contribution in [3.05, 3.63) is 64.3 Å². The first kappa shape index (κ1) is 62.1. The second-order valence-electron chi connectivity index (χ2n) is 16.7. The molecule has 78 heavy (non-hydrogen) atoms. The van der Waals surface area contributed by atoms with Gasteiger partial charge in [-0.05, 0) is 29.8 Å². The number of hydrogen-bond donors (Lipinski definition) is 0. The highest BCUT2D eigenvalue weighted by atomic mass is 19.1. The maximum atomic E-state index is 16.0. The van der Waals surface area contributed by atoms with Crippen molar-refractivity contribution in [3.8, 4) is 33.9 Å². The Balaban J connectivity index is 1.78. The van der Waals surface area contributed by atoms with Crippen molar-refractivity contribution >= 4 is 70.4 Å². The molecule has 2 aromatic rings. The van der Waals surface area contributed by atoms with Crippen LogP contribution in [-0.2, 0) is 90.5 Å². The molecular formula is C51H58F2N2O23. The number of carbonyl (C=O) groups is 9. The van der Waals surface area contributed by atoms with Crippen LogP contribution in [0.25, 0.3) is 33.4 Å². The zero-order valence-electron chi connectivity index (χ0n) is 44.1. The van der Waals surface area contributed by atoms with Crippen LogP contribution in [0.15, 0.2) is 51.7 Å². The predicted octanol–water partition coefficient (Wildman–Crippen LogP) is 4.44. The van der Waals surface area contributed by atoms with Gasteiger partial charge >= 0.3 is 53.7 Å². The maximum Gasteiger partial charge on any atom is 0.328 e. The molecule has 4 rings (SSSR count). The van der Waals surface area contributed by atoms with E-state index in [9.17, 15) is 47.9 Å². The van der Waals surface area contributed by atoms with Crippen LogP contribution in [0.1, 0.15) is 69.2 Å². The van der Waals surface area contributed by atoms with E-state index >= 15 is 8.78 Å². The Bertz CT molecular complexity index is 2800. The second-order valence-corrected chi connectivity index (χ2v) is 16.7. The number of anilines is 1. The molecule has 0 fully saturated rings. The Morgan fingerprint density at radius 3 is 1.49 bits per heavy atom. The molecule has 424 valence electrons. The summed E-state index contributed by atoms with van der Waals surface area (Å²) >= 11 is 0. The molecule has 0 saturated carbocycles. The molecule has 25 nitrogen and oxygen atoms in total. The standard InChI is InChI=1S/C51H58F2N2O23/c1-26(56)68-31(6)73-46-21-45-38(19-40(46)53)51(37-18-39(52)42(61)20-44(37)78-45)36-11-12-43(41(17-36)55(24-49(64)76-34(9)71-29(4)59)25-50(65)77-35(10)72-30(5)60)67-16-15-66-14-13-54(22-47(62)74-32(7)69-27(2)57)23-48(63)75-33(8)70-28(3)58/h11-12,17-21,31-35H,13-16,22-25H2,1-10H3. The molecule has 2 aliphatic rings. The van der Waals surface area contributed by atoms with Gasteiger partial charge < -0.3 is 66.2 Å². The zero-order chi connectivity index (χ0) is 58.0. The topological polar surface area (TPSA) is 301 Å². The monoisotopic (exact) mass is 1100 g/mol. The van der Waals surface area contributed by atoms with Gasteiger partial charge in [-0.25, -0.2) is 8.78 Å². The van der Waals surface area contributed by atoms with Crippen molar-refractivity contribution in [2.24, 2.45) is 0 Å². The minimum absolute atomic E-state index is 0.0253. The lowest BCUT2D eigenvalue weighted by Crippen LogP contribution is -2.40. The molecule has 0 saturated heterocycles. The van der Waals surface area contributed by atoms with Crippen LogP contribution in [0.5, 0.6) is 11.5 Å². The number of esters is 9. The number of fused-ring (bicyclic) bond motifs is 2. The van der Waals surface area contributed by atoms with Crippen LogP contribution in [0.4, 0.5) is 14.5 Å². The number of carbonyl (C=O) groups excluding carboxylic acids is 9. The number of hydrogen-bond acceptors (Lipinski definition) is 25. The van der Waals surface area contributed by atoms with Gasteiger partial charge in [-0.2, -0.15) is 0 Å². The zero-order valence-corrected chi connectivity index (χ0v) is 44.1. The lowest BCUT2D eigenvalue weighted by molar-refractivity contribution is -0.187. The summed E-state index contributed by atoms with van der Waals surface area (Å²) in [7, 11) is 0. The summed E-state index contributed by atoms with van der Waals surface area (Å²) < 4.78 is 100.0. The van der Waals surface area contributed by atoms with Crippen molar-refractivity contribution < 1.29 is 113 Å². The van der Waals surface area contributed by atoms with Crippen LogP contribution >= 0.6 is 0 Å². The third kappa shape index (κ3) is 20.2. The minimum atomic E-state index is -1.42. The van der Waals surface area contributed by atoms with Gasteiger partial charge in [-0.15, -0.1) is 0 Å². The van der Waals surface area contributed by atoms with Crippen LogP contribution in [0, 0.1) is 11.6 Å². The van der Waals surface area contributed by atoms with Gasteiger partial charge in [0.2, 0.25) is 36.9 Å². The fraction of sp³-hybridized carbons (Fsp3) is 0.451. The molecule has 5 atom stereocenters. The Morgan fingerprint density at radius 2 is 1.00 bits per heavy atom. The third-order valence-corrected chi connectivity index (χ3v) is 9.94. The fourth-order valence-corrected chi connectivity index (χ4v) is 7.32. The first-order valence-corrected chi connectivity index (χ1v) is 23.7. The van der Waals surface area contributed by atoms with E-state index in [0.29, 0.717) is 0 Å². The fourth-order valence-electron chi connectivity index (χ4n) is 7.32. The van der Waals surface area contributed by atoms with Gasteiger partial charge in [0.25, 0.3) is 0 Å². The average molecular weight is 1110 g/mol. The molecule has 0 N–H and O–H groups in total. The van der Waals surface area contributed by atoms with Gasteiger partial charge in [0.15, 0.2) is 17.4 Å². The Labute approximate surface area is 444 Å². The lowest BCUT2D eigenvalue weighted by atomic mass is 9.93. The highest BCUT2D eigenvalue weighted by Crippen LogP contribution is 2.44. The molecule has 1 aliphatic heterocycles. The maximum absolute atomic E-state index is 16.0. The molecule has 0 amide bonds. The van der Waals surface area contributed by atoms with Gasteiger partial charge in [-0.1, -0.05) is 6.07 Å². The number of halogens is 2. The molecule has 1 heterocycles. The van der Waals surface area contributed by atoms with Crippen molar-refractivity contribution in [1.82, 2.24) is 4.90 Å². The second kappa shape index (κ2) is 29.2. The summed E-state index contributed by atoms with van der Waals surface area (Å²) in [6, 6.07) is 7.96. The quantitative estimate of drug-likeness (QED) is 0.0249.